The van der Waals surface area contributed by atoms with Crippen LogP contribution in [0.25, 0.3) is 0 Å². The topological polar surface area (TPSA) is 0 Å². The molecule has 0 nitrogen and oxygen atoms in total. The van der Waals surface area contributed by atoms with Crippen molar-refractivity contribution < 1.29 is 28.8 Å². The van der Waals surface area contributed by atoms with Crippen molar-refractivity contribution in [2.45, 2.75) is 329 Å². The lowest BCUT2D eigenvalue weighted by atomic mass is 9.71. The molecule has 0 heterocycles. The van der Waals surface area contributed by atoms with Crippen molar-refractivity contribution in [3.05, 3.63) is 0 Å². The average molecular weight is 911 g/mol. The highest BCUT2D eigenvalue weighted by atomic mass is 14.3. The summed E-state index contributed by atoms with van der Waals surface area (Å²) in [5, 5.41) is 0. The molecule has 0 bridgehead atoms. The molecule has 0 aliphatic carbocycles. The Kier molecular flexibility index (Phi) is 29.6. The maximum absolute atomic E-state index is 7.58. The molecule has 0 spiro atoms. The highest BCUT2D eigenvalue weighted by Crippen LogP contribution is 2.37. The zero-order valence-electron chi connectivity index (χ0n) is 72.5. The molecule has 0 amide bonds. The molecule has 0 unspecified atom stereocenters. The summed E-state index contributed by atoms with van der Waals surface area (Å²) in [5.74, 6) is -3.88. The maximum Gasteiger partial charge on any atom is 0.0302 e. The molecule has 0 saturated carbocycles. The Bertz CT molecular complexity index is 1170. The van der Waals surface area contributed by atoms with Crippen molar-refractivity contribution in [3.63, 3.8) is 0 Å². The molecule has 0 atom stereocenters. The van der Waals surface area contributed by atoms with E-state index in [4.69, 9.17) is 28.8 Å². The van der Waals surface area contributed by atoms with Gasteiger partial charge < -0.3 is 0 Å². The first kappa shape index (κ1) is 43.3. The van der Waals surface area contributed by atoms with Crippen molar-refractivity contribution in [2.24, 2.45) is 78.7 Å². The molecule has 0 aromatic heterocycles. The van der Waals surface area contributed by atoms with E-state index in [0.717, 1.165) is 0 Å². The van der Waals surface area contributed by atoms with Gasteiger partial charge in [0.15, 0.2) is 0 Å². The second-order valence-corrected chi connectivity index (χ2v) is 24.9. The summed E-state index contributed by atoms with van der Waals surface area (Å²) in [6, 6.07) is 0. The van der Waals surface area contributed by atoms with Crippen molar-refractivity contribution in [3.8, 4) is 0 Å². The van der Waals surface area contributed by atoms with E-state index in [-0.39, 0.29) is 38.9 Å². The molecule has 62 heavy (non-hydrogen) atoms. The third kappa shape index (κ3) is 103. The van der Waals surface area contributed by atoms with Gasteiger partial charge in [0, 0.05) is 28.8 Å². The SMILES string of the molecule is CC(C)(C)C(C)(C)C.[2H]C(C)(C)C(C)(C)C.[2H]C(C)(C)C(C)(C)C.[2H]C(C)(C)C([2H])(C)C.[2H]C([2H])(C)C(C)(C)C.[2H]C([2H])(C)C(C)(C)C.[2H]C([2H])(C)C([2H])(C)C.[2H]C([2H])(C)C([2H])(C)C.[2H]C([2H])(C)C([2H])([2H])C.[2H]C([2H])([2H])C(C)(C)C(C)(C)C. The molecular weight excluding hydrogens is 745 g/mol. The fraction of sp³-hybridized carbons (Fsp3) is 1.00. The quantitative estimate of drug-likeness (QED) is 0.264. The number of hydrogen-bond donors (Lipinski definition) is 0. The van der Waals surface area contributed by atoms with E-state index in [1.165, 1.54) is 27.7 Å². The van der Waals surface area contributed by atoms with Gasteiger partial charge in [-0.1, -0.05) is 329 Å². The Hall–Kier alpha value is 0. The molecule has 0 N–H and O–H groups in total. The largest absolute Gasteiger partial charge is 0.0654 e. The minimum absolute atomic E-state index is 0.104. The van der Waals surface area contributed by atoms with Crippen LogP contribution in [0.1, 0.15) is 358 Å². The van der Waals surface area contributed by atoms with Gasteiger partial charge in [0.25, 0.3) is 0 Å². The van der Waals surface area contributed by atoms with Crippen molar-refractivity contribution in [1.29, 1.82) is 0 Å². The third-order valence-corrected chi connectivity index (χ3v) is 10.9. The Morgan fingerprint density at radius 1 is 0.339 bits per heavy atom. The molecule has 0 aliphatic heterocycles. The van der Waals surface area contributed by atoms with Crippen LogP contribution in [0.4, 0.5) is 0 Å². The highest BCUT2D eigenvalue weighted by Gasteiger charge is 2.27. The molecule has 0 radical (unpaired) electrons. The lowest BCUT2D eigenvalue weighted by Crippen LogP contribution is -2.25. The van der Waals surface area contributed by atoms with Gasteiger partial charge in [-0.15, -0.1) is 0 Å². The van der Waals surface area contributed by atoms with Crippen LogP contribution in [-0.4, -0.2) is 0 Å². The number of hydrogen-bond acceptors (Lipinski definition) is 0. The predicted octanol–water partition coefficient (Wildman–Crippen LogP) is 24.6. The zero-order valence-corrected chi connectivity index (χ0v) is 51.5. The Morgan fingerprint density at radius 3 is 0.468 bits per heavy atom. The van der Waals surface area contributed by atoms with Crippen molar-refractivity contribution >= 4 is 0 Å². The van der Waals surface area contributed by atoms with Crippen LogP contribution in [-0.2, 0) is 0 Å². The molecule has 0 rings (SSSR count). The van der Waals surface area contributed by atoms with Gasteiger partial charge in [0.05, 0.1) is 0 Å². The molecule has 0 fully saturated rings. The van der Waals surface area contributed by atoms with Crippen LogP contribution in [0.5, 0.6) is 0 Å². The number of rotatable bonds is 4. The van der Waals surface area contributed by atoms with Crippen molar-refractivity contribution in [2.75, 3.05) is 0 Å². The second-order valence-electron chi connectivity index (χ2n) is 24.9. The fourth-order valence-electron chi connectivity index (χ4n) is 0. The maximum atomic E-state index is 7.58. The van der Waals surface area contributed by atoms with Crippen LogP contribution in [0.2, 0.25) is 0 Å². The van der Waals surface area contributed by atoms with Gasteiger partial charge in [0.2, 0.25) is 0 Å². The third-order valence-electron chi connectivity index (χ3n) is 10.9. The summed E-state index contributed by atoms with van der Waals surface area (Å²) in [5.41, 5.74) is -0.182. The summed E-state index contributed by atoms with van der Waals surface area (Å²) in [7, 11) is 0. The molecule has 0 aromatic rings. The van der Waals surface area contributed by atoms with Crippen LogP contribution >= 0.6 is 0 Å². The first-order valence-corrected chi connectivity index (χ1v) is 23.2. The van der Waals surface area contributed by atoms with Crippen LogP contribution < -0.4 is 0 Å². The van der Waals surface area contributed by atoms with Gasteiger partial charge in [-0.25, -0.2) is 0 Å². The minimum atomic E-state index is -1.87. The first-order chi connectivity index (χ1) is 33.8. The molecule has 0 heteroatoms. The van der Waals surface area contributed by atoms with Gasteiger partial charge >= 0.3 is 0 Å². The second kappa shape index (κ2) is 42.4. The monoisotopic (exact) mass is 910 g/mol. The lowest BCUT2D eigenvalue weighted by Gasteiger charge is -2.34. The molecular formula is C62H144. The van der Waals surface area contributed by atoms with Gasteiger partial charge in [-0.3, -0.25) is 0 Å². The Morgan fingerprint density at radius 2 is 0.468 bits per heavy atom. The van der Waals surface area contributed by atoms with Crippen LogP contribution in [0, 0.1) is 78.7 Å². The average Bonchev–Trinajstić information content (AvgIpc) is 3.02. The zero-order chi connectivity index (χ0) is 72.5. The molecule has 0 saturated heterocycles. The van der Waals surface area contributed by atoms with E-state index < -0.39 is 74.1 Å². The highest BCUT2D eigenvalue weighted by molar-refractivity contribution is 4.77. The predicted molar refractivity (Wildman–Crippen MR) is 306 cm³/mol. The summed E-state index contributed by atoms with van der Waals surface area (Å²) < 4.78 is 151. The van der Waals surface area contributed by atoms with E-state index >= 15 is 0 Å². The first-order valence-electron chi connectivity index (χ1n) is 33.8. The summed E-state index contributed by atoms with van der Waals surface area (Å²) in [4.78, 5) is 0. The molecule has 392 valence electrons. The Balaban J connectivity index is -0.0000000893. The van der Waals surface area contributed by atoms with E-state index in [9.17, 15) is 0 Å². The van der Waals surface area contributed by atoms with Crippen LogP contribution in [0.3, 0.4) is 0 Å². The smallest absolute Gasteiger partial charge is 0.0302 e. The standard InChI is InChI=1S/2C8H18.2C7H16.3C6H14.2C5H12.C4H10/c2*1-7(2,3)8(4,5)6;2*1-6(2)7(3,4)5;2*1-5-6(2,3)4;1-5(2)6(3)4;2*1-4-5(2)3;1-3-4-2/h2*1-6H3;2*6H,1-5H3;2*5H2,1-4H3;5-6H,1-4H3;2*5H,4H2,1-3H3;3-4H2,1-2H3/i1D3;;2*6D;2*5D2;5D,6D;2*4D2,5D;3D2,4D2. The normalized spacial score (nSPS) is 19.6. The summed E-state index contributed by atoms with van der Waals surface area (Å²) in [6.45, 7) is 74.6. The van der Waals surface area contributed by atoms with E-state index in [0.29, 0.717) is 10.8 Å². The van der Waals surface area contributed by atoms with E-state index in [1.54, 1.807) is 83.1 Å². The van der Waals surface area contributed by atoms with E-state index in [1.807, 2.05) is 90.0 Å². The molecule has 0 aromatic carbocycles. The van der Waals surface area contributed by atoms with Crippen molar-refractivity contribution in [1.82, 2.24) is 0 Å². The minimum Gasteiger partial charge on any atom is -0.0654 e. The summed E-state index contributed by atoms with van der Waals surface area (Å²) in [6.07, 6.45) is -8.38. The summed E-state index contributed by atoms with van der Waals surface area (Å²) >= 11 is 0. The van der Waals surface area contributed by atoms with Crippen LogP contribution in [0.15, 0.2) is 0 Å². The molecule has 0 aliphatic rings. The van der Waals surface area contributed by atoms with Gasteiger partial charge in [-0.05, 0) is 78.7 Å². The Labute approximate surface area is 436 Å². The van der Waals surface area contributed by atoms with Gasteiger partial charge in [-0.2, -0.15) is 0 Å². The lowest BCUT2D eigenvalue weighted by molar-refractivity contribution is 0.157. The van der Waals surface area contributed by atoms with E-state index in [2.05, 4.69) is 83.1 Å². The van der Waals surface area contributed by atoms with Gasteiger partial charge in [0.1, 0.15) is 0 Å². The fourth-order valence-corrected chi connectivity index (χ4v) is 0.